The molecule has 0 amide bonds. The van der Waals surface area contributed by atoms with E-state index in [0.717, 1.165) is 73.1 Å². The van der Waals surface area contributed by atoms with Crippen molar-refractivity contribution in [3.05, 3.63) is 113 Å². The minimum atomic E-state index is 0. The molecule has 0 aliphatic rings. The third kappa shape index (κ3) is 10.0. The van der Waals surface area contributed by atoms with Crippen molar-refractivity contribution in [3.8, 4) is 28.0 Å². The smallest absolute Gasteiger partial charge is 0.327 e. The molecule has 11 heteroatoms. The third-order valence-corrected chi connectivity index (χ3v) is 7.79. The number of nitrogens with zero attached hydrogens (tertiary/aromatic N) is 4. The molecule has 0 spiro atoms. The van der Waals surface area contributed by atoms with E-state index in [9.17, 15) is 5.11 Å². The fourth-order valence-corrected chi connectivity index (χ4v) is 6.03. The summed E-state index contributed by atoms with van der Waals surface area (Å²) in [4.78, 5) is 9.13. The third-order valence-electron chi connectivity index (χ3n) is 7.79. The number of aromatic hydroxyl groups is 1. The Morgan fingerprint density at radius 3 is 1.15 bits per heavy atom. The molecule has 1 N–H and O–H groups in total. The molecule has 2 heterocycles. The first kappa shape index (κ1) is 48.1. The summed E-state index contributed by atoms with van der Waals surface area (Å²) in [6, 6.07) is 24.5. The summed E-state index contributed by atoms with van der Waals surface area (Å²) in [5, 5.41) is 10.9. The molecule has 2 aromatic heterocycles. The number of halogens is 4. The van der Waals surface area contributed by atoms with Gasteiger partial charge in [-0.2, -0.15) is 0 Å². The van der Waals surface area contributed by atoms with Crippen LogP contribution in [0.5, 0.6) is 5.75 Å². The van der Waals surface area contributed by atoms with Crippen LogP contribution in [-0.4, -0.2) is 27.5 Å². The van der Waals surface area contributed by atoms with Crippen molar-refractivity contribution < 1.29 is 106 Å². The number of rotatable bonds is 6. The molecule has 262 valence electrons. The van der Waals surface area contributed by atoms with Gasteiger partial charge in [-0.05, 0) is 157 Å². The number of hydrogen-bond acceptors (Lipinski definition) is 3. The fourth-order valence-electron chi connectivity index (χ4n) is 6.03. The van der Waals surface area contributed by atoms with E-state index in [1.54, 1.807) is 0 Å². The van der Waals surface area contributed by atoms with Gasteiger partial charge >= 0.3 is 11.6 Å². The average Bonchev–Trinajstić information content (AvgIpc) is 2.98. The van der Waals surface area contributed by atoms with Crippen LogP contribution in [0.15, 0.2) is 85.2 Å². The molecule has 0 saturated carbocycles. The second-order valence-corrected chi connectivity index (χ2v) is 10.7. The Morgan fingerprint density at radius 2 is 0.875 bits per heavy atom. The van der Waals surface area contributed by atoms with Gasteiger partial charge in [0.25, 0.3) is 0 Å². The van der Waals surface area contributed by atoms with Gasteiger partial charge in [0.1, 0.15) is 29.5 Å². The maximum atomic E-state index is 10.9. The molecule has 0 aliphatic carbocycles. The summed E-state index contributed by atoms with van der Waals surface area (Å²) in [6.45, 7) is 14.7. The molecular weight excluding hydrogens is 953 g/mol. The van der Waals surface area contributed by atoms with E-state index in [1.807, 2.05) is 74.8 Å². The zero-order valence-electron chi connectivity index (χ0n) is 27.6. The monoisotopic (exact) mass is 986 g/mol. The van der Waals surface area contributed by atoms with Gasteiger partial charge < -0.3 is 73.0 Å². The Kier molecular flexibility index (Phi) is 21.3. The molecule has 0 saturated heterocycles. The maximum Gasteiger partial charge on any atom is 0.327 e. The number of phenols is 1. The molecule has 3 aromatic carbocycles. The summed E-state index contributed by atoms with van der Waals surface area (Å²) in [6.07, 6.45) is 7.73. The number of benzene rings is 3. The molecule has 48 heavy (non-hydrogen) atoms. The van der Waals surface area contributed by atoms with Crippen LogP contribution in [0.3, 0.4) is 0 Å². The first-order valence-electron chi connectivity index (χ1n) is 14.3. The van der Waals surface area contributed by atoms with E-state index in [1.165, 1.54) is 0 Å². The normalized spacial score (nSPS) is 10.6. The summed E-state index contributed by atoms with van der Waals surface area (Å²) >= 11 is 0. The Hall–Kier alpha value is -1.99. The van der Waals surface area contributed by atoms with E-state index >= 15 is 0 Å². The quantitative estimate of drug-likeness (QED) is 0.112. The minimum absolute atomic E-state index is 0. The molecule has 0 atom stereocenters. The van der Waals surface area contributed by atoms with E-state index in [0.29, 0.717) is 0 Å². The van der Waals surface area contributed by atoms with E-state index < -0.39 is 0 Å². The largest absolute Gasteiger partial charge is 1.00 e. The minimum Gasteiger partial charge on any atom is -1.00 e. The van der Waals surface area contributed by atoms with Crippen molar-refractivity contribution in [3.63, 3.8) is 0 Å². The Balaban J connectivity index is 0. The SMILES string of the molecule is CC=[N+](c1ccccn1)c1c(C)cc(-c2cc(O)cc(-c3cc(C)c([N+](=CC)c4ccccn4)c(C)c3)c2C)cc1C.[Br-].[Br-].[Br-].[Br-].[Ni].[Ni]. The Labute approximate surface area is 347 Å². The molecule has 0 fully saturated rings. The topological polar surface area (TPSA) is 52.0 Å². The predicted molar refractivity (Wildman–Crippen MR) is 178 cm³/mol. The summed E-state index contributed by atoms with van der Waals surface area (Å²) in [5.41, 5.74) is 12.1. The second kappa shape index (κ2) is 21.3. The molecule has 5 aromatic rings. The molecular formula is C37H38Br4N4Ni2O-2. The molecule has 5 rings (SSSR count). The summed E-state index contributed by atoms with van der Waals surface area (Å²) in [7, 11) is 0. The van der Waals surface area contributed by atoms with Gasteiger partial charge in [-0.1, -0.05) is 12.1 Å². The van der Waals surface area contributed by atoms with Crippen LogP contribution in [0, 0.1) is 34.6 Å². The number of aromatic nitrogens is 2. The second-order valence-electron chi connectivity index (χ2n) is 10.7. The zero-order valence-corrected chi connectivity index (χ0v) is 35.9. The van der Waals surface area contributed by atoms with Gasteiger partial charge in [-0.3, -0.25) is 0 Å². The predicted octanol–water partition coefficient (Wildman–Crippen LogP) is -3.08. The van der Waals surface area contributed by atoms with E-state index in [-0.39, 0.29) is 107 Å². The van der Waals surface area contributed by atoms with E-state index in [4.69, 9.17) is 0 Å². The van der Waals surface area contributed by atoms with Crippen molar-refractivity contribution >= 4 is 35.4 Å². The van der Waals surface area contributed by atoms with Crippen LogP contribution in [0.25, 0.3) is 22.3 Å². The molecule has 0 unspecified atom stereocenters. The molecule has 5 nitrogen and oxygen atoms in total. The molecule has 0 radical (unpaired) electrons. The average molecular weight is 992 g/mol. The number of aryl methyl sites for hydroxylation is 4. The molecule has 0 aliphatic heterocycles. The van der Waals surface area contributed by atoms with Gasteiger partial charge in [0.2, 0.25) is 0 Å². The number of pyridine rings is 2. The zero-order chi connectivity index (χ0) is 30.0. The Bertz CT molecular complexity index is 1690. The van der Waals surface area contributed by atoms with Crippen LogP contribution in [0.2, 0.25) is 0 Å². The van der Waals surface area contributed by atoms with Crippen molar-refractivity contribution in [2.75, 3.05) is 0 Å². The summed E-state index contributed by atoms with van der Waals surface area (Å²) < 4.78 is 4.26. The molecule has 0 bridgehead atoms. The first-order valence-corrected chi connectivity index (χ1v) is 14.3. The van der Waals surface area contributed by atoms with Crippen LogP contribution < -0.4 is 77.1 Å². The van der Waals surface area contributed by atoms with Gasteiger partial charge in [-0.25, -0.2) is 9.15 Å². The Morgan fingerprint density at radius 1 is 0.542 bits per heavy atom. The van der Waals surface area contributed by atoms with Crippen LogP contribution >= 0.6 is 0 Å². The van der Waals surface area contributed by atoms with Crippen molar-refractivity contribution in [2.45, 2.75) is 48.5 Å². The summed E-state index contributed by atoms with van der Waals surface area (Å²) in [5.74, 6) is 2.01. The van der Waals surface area contributed by atoms with Crippen LogP contribution in [0.4, 0.5) is 23.0 Å². The van der Waals surface area contributed by atoms with E-state index in [2.05, 4.69) is 90.4 Å². The van der Waals surface area contributed by atoms with Crippen molar-refractivity contribution in [1.29, 1.82) is 0 Å². The van der Waals surface area contributed by atoms with Gasteiger partial charge in [-0.15, -0.1) is 0 Å². The van der Waals surface area contributed by atoms with Crippen LogP contribution in [0.1, 0.15) is 41.7 Å². The van der Waals surface area contributed by atoms with Crippen LogP contribution in [-0.2, 0) is 33.0 Å². The fraction of sp³-hybridized carbons (Fsp3) is 0.189. The van der Waals surface area contributed by atoms with Gasteiger partial charge in [0.05, 0.1) is 12.4 Å². The van der Waals surface area contributed by atoms with Gasteiger partial charge in [0, 0.05) is 45.1 Å². The maximum absolute atomic E-state index is 10.9. The van der Waals surface area contributed by atoms with Gasteiger partial charge in [0.15, 0.2) is 0 Å². The van der Waals surface area contributed by atoms with Crippen molar-refractivity contribution in [2.24, 2.45) is 0 Å². The number of phenolic OH excluding ortho intramolecular Hbond substituents is 1. The first-order chi connectivity index (χ1) is 20.2. The van der Waals surface area contributed by atoms with Crippen molar-refractivity contribution in [1.82, 2.24) is 19.1 Å². The standard InChI is InChI=1S/C37H37N4O.4BrH.2Ni/c1-8-40(34-14-10-12-16-38-34)36-24(3)18-29(19-25(36)4)32-22-31(42)23-33(28(32)7)30-20-26(5)37(27(6)21-30)41(9-2)35-15-11-13-17-39-35;;;;;;/h8-23H,1-7H3;4*1H;;/q+1;;;;;;/p-3. The number of hydrogen-bond donors (Lipinski definition) is 1.